The summed E-state index contributed by atoms with van der Waals surface area (Å²) in [6, 6.07) is 8.45. The third kappa shape index (κ3) is 1.90. The third-order valence-corrected chi connectivity index (χ3v) is 4.06. The van der Waals surface area contributed by atoms with E-state index in [1.54, 1.807) is 0 Å². The van der Waals surface area contributed by atoms with E-state index in [0.29, 0.717) is 12.0 Å². The van der Waals surface area contributed by atoms with E-state index in [1.807, 2.05) is 24.7 Å². The van der Waals surface area contributed by atoms with E-state index in [9.17, 15) is 0 Å². The maximum absolute atomic E-state index is 5.74. The van der Waals surface area contributed by atoms with Gasteiger partial charge in [-0.2, -0.15) is 0 Å². The summed E-state index contributed by atoms with van der Waals surface area (Å²) < 4.78 is 2.30. The van der Waals surface area contributed by atoms with Gasteiger partial charge in [-0.1, -0.05) is 18.6 Å². The Kier molecular flexibility index (Phi) is 2.82. The molecular formula is C15H19N3. The smallest absolute Gasteiger partial charge is 0.0953 e. The summed E-state index contributed by atoms with van der Waals surface area (Å²) in [5, 5.41) is 0. The Balaban J connectivity index is 1.89. The van der Waals surface area contributed by atoms with Crippen LogP contribution >= 0.6 is 0 Å². The number of benzene rings is 1. The molecular weight excluding hydrogens is 222 g/mol. The molecule has 1 unspecified atom stereocenters. The van der Waals surface area contributed by atoms with Crippen molar-refractivity contribution in [2.75, 3.05) is 5.73 Å². The fourth-order valence-corrected chi connectivity index (χ4v) is 2.59. The summed E-state index contributed by atoms with van der Waals surface area (Å²) in [7, 11) is 0. The van der Waals surface area contributed by atoms with Crippen molar-refractivity contribution in [2.45, 2.75) is 38.1 Å². The van der Waals surface area contributed by atoms with Crippen molar-refractivity contribution in [1.29, 1.82) is 0 Å². The lowest BCUT2D eigenvalue weighted by atomic mass is 9.83. The SMILES string of the molecule is CC(c1ccc(N)cc1)n1cncc1C1CCC1. The van der Waals surface area contributed by atoms with Crippen LogP contribution in [0.2, 0.25) is 0 Å². The Morgan fingerprint density at radius 2 is 2.00 bits per heavy atom. The molecule has 0 bridgehead atoms. The minimum absolute atomic E-state index is 0.323. The van der Waals surface area contributed by atoms with Crippen LogP contribution in [-0.4, -0.2) is 9.55 Å². The molecule has 3 nitrogen and oxygen atoms in total. The Morgan fingerprint density at radius 1 is 1.28 bits per heavy atom. The lowest BCUT2D eigenvalue weighted by Crippen LogP contribution is -2.16. The molecule has 0 spiro atoms. The number of rotatable bonds is 3. The molecule has 0 saturated heterocycles. The van der Waals surface area contributed by atoms with E-state index in [2.05, 4.69) is 28.6 Å². The fraction of sp³-hybridized carbons (Fsp3) is 0.400. The van der Waals surface area contributed by atoms with Crippen LogP contribution in [0, 0.1) is 0 Å². The predicted molar refractivity (Wildman–Crippen MR) is 73.5 cm³/mol. The Hall–Kier alpha value is -1.77. The zero-order chi connectivity index (χ0) is 12.5. The van der Waals surface area contributed by atoms with Gasteiger partial charge in [-0.15, -0.1) is 0 Å². The highest BCUT2D eigenvalue weighted by atomic mass is 15.1. The molecule has 1 aliphatic carbocycles. The number of hydrogen-bond acceptors (Lipinski definition) is 2. The van der Waals surface area contributed by atoms with Crippen LogP contribution in [0.15, 0.2) is 36.8 Å². The molecule has 1 aromatic carbocycles. The molecule has 3 rings (SSSR count). The third-order valence-electron chi connectivity index (χ3n) is 4.06. The molecule has 1 atom stereocenters. The van der Waals surface area contributed by atoms with Gasteiger partial charge >= 0.3 is 0 Å². The van der Waals surface area contributed by atoms with Crippen molar-refractivity contribution in [2.24, 2.45) is 0 Å². The van der Waals surface area contributed by atoms with Gasteiger partial charge in [-0.05, 0) is 37.5 Å². The first-order valence-corrected chi connectivity index (χ1v) is 6.63. The molecule has 2 N–H and O–H groups in total. The Labute approximate surface area is 108 Å². The van der Waals surface area contributed by atoms with Crippen LogP contribution in [-0.2, 0) is 0 Å². The van der Waals surface area contributed by atoms with Crippen molar-refractivity contribution in [3.63, 3.8) is 0 Å². The lowest BCUT2D eigenvalue weighted by Gasteiger charge is -2.28. The first-order chi connectivity index (χ1) is 8.75. The Morgan fingerprint density at radius 3 is 2.61 bits per heavy atom. The van der Waals surface area contributed by atoms with Crippen LogP contribution in [0.4, 0.5) is 5.69 Å². The minimum atomic E-state index is 0.323. The summed E-state index contributed by atoms with van der Waals surface area (Å²) >= 11 is 0. The summed E-state index contributed by atoms with van der Waals surface area (Å²) in [6.07, 6.45) is 7.94. The average molecular weight is 241 g/mol. The van der Waals surface area contributed by atoms with Gasteiger partial charge in [0.15, 0.2) is 0 Å². The molecule has 1 saturated carbocycles. The van der Waals surface area contributed by atoms with Crippen LogP contribution in [0.1, 0.15) is 49.4 Å². The van der Waals surface area contributed by atoms with Crippen molar-refractivity contribution in [3.8, 4) is 0 Å². The highest BCUT2D eigenvalue weighted by Gasteiger charge is 2.24. The summed E-state index contributed by atoms with van der Waals surface area (Å²) in [5.41, 5.74) is 9.21. The van der Waals surface area contributed by atoms with Gasteiger partial charge in [0.05, 0.1) is 12.4 Å². The van der Waals surface area contributed by atoms with Crippen LogP contribution in [0.25, 0.3) is 0 Å². The molecule has 1 fully saturated rings. The van der Waals surface area contributed by atoms with Crippen LogP contribution < -0.4 is 5.73 Å². The van der Waals surface area contributed by atoms with Gasteiger partial charge in [0.2, 0.25) is 0 Å². The van der Waals surface area contributed by atoms with E-state index >= 15 is 0 Å². The lowest BCUT2D eigenvalue weighted by molar-refractivity contribution is 0.392. The number of nitrogens with two attached hydrogens (primary N) is 1. The normalized spacial score (nSPS) is 17.4. The van der Waals surface area contributed by atoms with E-state index < -0.39 is 0 Å². The molecule has 3 heteroatoms. The van der Waals surface area contributed by atoms with Crippen molar-refractivity contribution in [3.05, 3.63) is 48.0 Å². The number of aromatic nitrogens is 2. The summed E-state index contributed by atoms with van der Waals surface area (Å²) in [6.45, 7) is 2.22. The molecule has 1 aliphatic rings. The van der Waals surface area contributed by atoms with Crippen molar-refractivity contribution >= 4 is 5.69 Å². The molecule has 1 heterocycles. The number of nitrogens with zero attached hydrogens (tertiary/aromatic N) is 2. The fourth-order valence-electron chi connectivity index (χ4n) is 2.59. The largest absolute Gasteiger partial charge is 0.399 e. The molecule has 18 heavy (non-hydrogen) atoms. The van der Waals surface area contributed by atoms with Gasteiger partial charge in [-0.3, -0.25) is 0 Å². The van der Waals surface area contributed by atoms with Crippen molar-refractivity contribution < 1.29 is 0 Å². The second-order valence-corrected chi connectivity index (χ2v) is 5.20. The minimum Gasteiger partial charge on any atom is -0.399 e. The number of nitrogen functional groups attached to an aromatic ring is 1. The molecule has 94 valence electrons. The quantitative estimate of drug-likeness (QED) is 0.837. The number of imidazole rings is 1. The zero-order valence-corrected chi connectivity index (χ0v) is 10.7. The first kappa shape index (κ1) is 11.3. The van der Waals surface area contributed by atoms with Gasteiger partial charge in [0.25, 0.3) is 0 Å². The highest BCUT2D eigenvalue weighted by molar-refractivity contribution is 5.40. The van der Waals surface area contributed by atoms with E-state index in [-0.39, 0.29) is 0 Å². The van der Waals surface area contributed by atoms with Gasteiger partial charge in [-0.25, -0.2) is 4.98 Å². The second kappa shape index (κ2) is 4.48. The van der Waals surface area contributed by atoms with E-state index in [1.165, 1.54) is 30.5 Å². The molecule has 1 aromatic heterocycles. The Bertz CT molecular complexity index is 523. The monoisotopic (exact) mass is 241 g/mol. The highest BCUT2D eigenvalue weighted by Crippen LogP contribution is 2.37. The number of hydrogen-bond donors (Lipinski definition) is 1. The van der Waals surface area contributed by atoms with Crippen LogP contribution in [0.3, 0.4) is 0 Å². The summed E-state index contributed by atoms with van der Waals surface area (Å²) in [5.74, 6) is 0.712. The maximum atomic E-state index is 5.74. The van der Waals surface area contributed by atoms with E-state index in [0.717, 1.165) is 5.69 Å². The predicted octanol–water partition coefficient (Wildman–Crippen LogP) is 3.34. The van der Waals surface area contributed by atoms with Gasteiger partial charge < -0.3 is 10.3 Å². The topological polar surface area (TPSA) is 43.8 Å². The molecule has 0 amide bonds. The van der Waals surface area contributed by atoms with Crippen LogP contribution in [0.5, 0.6) is 0 Å². The van der Waals surface area contributed by atoms with Gasteiger partial charge in [0.1, 0.15) is 0 Å². The molecule has 2 aromatic rings. The number of anilines is 1. The standard InChI is InChI=1S/C15H19N3/c1-11(12-5-7-14(16)8-6-12)18-10-17-9-15(18)13-3-2-4-13/h5-11,13H,2-4,16H2,1H3. The maximum Gasteiger partial charge on any atom is 0.0953 e. The van der Waals surface area contributed by atoms with E-state index in [4.69, 9.17) is 5.73 Å². The zero-order valence-electron chi connectivity index (χ0n) is 10.7. The molecule has 0 aliphatic heterocycles. The first-order valence-electron chi connectivity index (χ1n) is 6.63. The summed E-state index contributed by atoms with van der Waals surface area (Å²) in [4.78, 5) is 4.33. The second-order valence-electron chi connectivity index (χ2n) is 5.20. The average Bonchev–Trinajstić information content (AvgIpc) is 2.76. The van der Waals surface area contributed by atoms with Crippen molar-refractivity contribution in [1.82, 2.24) is 9.55 Å². The molecule has 0 radical (unpaired) electrons. The van der Waals surface area contributed by atoms with Gasteiger partial charge in [0, 0.05) is 23.5 Å².